The van der Waals surface area contributed by atoms with Gasteiger partial charge in [-0.05, 0) is 62.0 Å². The second-order valence-corrected chi connectivity index (χ2v) is 8.72. The van der Waals surface area contributed by atoms with Crippen LogP contribution in [0.15, 0.2) is 24.3 Å². The number of fused-ring (bicyclic) bond motifs is 2. The number of hydrogen-bond acceptors (Lipinski definition) is 2. The molecule has 5 atom stereocenters. The Labute approximate surface area is 161 Å². The SMILES string of the molecule is CC(C)C(NC(=O)c1ccccc1Cl)C(=O)NC(C)C1CC2CCC1C2. The number of carbonyl (C=O) groups is 2. The predicted molar refractivity (Wildman–Crippen MR) is 104 cm³/mol. The van der Waals surface area contributed by atoms with E-state index in [2.05, 4.69) is 17.6 Å². The van der Waals surface area contributed by atoms with E-state index in [0.717, 1.165) is 11.8 Å². The summed E-state index contributed by atoms with van der Waals surface area (Å²) in [7, 11) is 0. The average Bonchev–Trinajstić information content (AvgIpc) is 3.22. The van der Waals surface area contributed by atoms with Gasteiger partial charge in [0.15, 0.2) is 0 Å². The number of halogens is 1. The first kappa shape index (κ1) is 19.2. The molecule has 3 rings (SSSR count). The third-order valence-corrected chi connectivity index (χ3v) is 6.49. The van der Waals surface area contributed by atoms with E-state index in [4.69, 9.17) is 11.6 Å². The number of benzene rings is 1. The molecule has 2 saturated carbocycles. The molecule has 142 valence electrons. The molecule has 0 aliphatic heterocycles. The maximum atomic E-state index is 12.9. The van der Waals surface area contributed by atoms with Gasteiger partial charge in [-0.15, -0.1) is 0 Å². The van der Waals surface area contributed by atoms with Crippen LogP contribution in [-0.2, 0) is 4.79 Å². The molecule has 2 aliphatic rings. The van der Waals surface area contributed by atoms with Gasteiger partial charge in [-0.1, -0.05) is 44.0 Å². The molecule has 2 aliphatic carbocycles. The number of hydrogen-bond donors (Lipinski definition) is 2. The summed E-state index contributed by atoms with van der Waals surface area (Å²) in [5, 5.41) is 6.43. The number of rotatable bonds is 6. The van der Waals surface area contributed by atoms with Crippen molar-refractivity contribution in [1.29, 1.82) is 0 Å². The summed E-state index contributed by atoms with van der Waals surface area (Å²) in [6.07, 6.45) is 5.20. The van der Waals surface area contributed by atoms with Gasteiger partial charge in [-0.2, -0.15) is 0 Å². The smallest absolute Gasteiger partial charge is 0.253 e. The van der Waals surface area contributed by atoms with Gasteiger partial charge in [-0.3, -0.25) is 9.59 Å². The Balaban J connectivity index is 1.62. The van der Waals surface area contributed by atoms with Crippen LogP contribution in [0, 0.1) is 23.7 Å². The Hall–Kier alpha value is -1.55. The summed E-state index contributed by atoms with van der Waals surface area (Å²) in [6, 6.07) is 6.48. The van der Waals surface area contributed by atoms with Crippen LogP contribution in [0.5, 0.6) is 0 Å². The van der Waals surface area contributed by atoms with Crippen LogP contribution in [0.1, 0.15) is 56.8 Å². The topological polar surface area (TPSA) is 58.2 Å². The lowest BCUT2D eigenvalue weighted by Crippen LogP contribution is -2.53. The average molecular weight is 377 g/mol. The Morgan fingerprint density at radius 3 is 2.38 bits per heavy atom. The molecule has 0 saturated heterocycles. The first-order valence-electron chi connectivity index (χ1n) is 9.72. The quantitative estimate of drug-likeness (QED) is 0.787. The van der Waals surface area contributed by atoms with Crippen molar-refractivity contribution in [1.82, 2.24) is 10.6 Å². The summed E-state index contributed by atoms with van der Waals surface area (Å²) in [6.45, 7) is 6.00. The van der Waals surface area contributed by atoms with E-state index >= 15 is 0 Å². The van der Waals surface area contributed by atoms with E-state index in [1.165, 1.54) is 25.7 Å². The van der Waals surface area contributed by atoms with Crippen molar-refractivity contribution >= 4 is 23.4 Å². The molecule has 5 unspecified atom stereocenters. The van der Waals surface area contributed by atoms with Crippen molar-refractivity contribution in [3.05, 3.63) is 34.9 Å². The lowest BCUT2D eigenvalue weighted by Gasteiger charge is -2.31. The van der Waals surface area contributed by atoms with Gasteiger partial charge >= 0.3 is 0 Å². The highest BCUT2D eigenvalue weighted by Gasteiger charge is 2.42. The lowest BCUT2D eigenvalue weighted by molar-refractivity contribution is -0.125. The summed E-state index contributed by atoms with van der Waals surface area (Å²) in [5.74, 6) is 1.77. The van der Waals surface area contributed by atoms with Gasteiger partial charge in [0.1, 0.15) is 6.04 Å². The summed E-state index contributed by atoms with van der Waals surface area (Å²) in [5.41, 5.74) is 0.397. The van der Waals surface area contributed by atoms with Crippen molar-refractivity contribution in [3.8, 4) is 0 Å². The van der Waals surface area contributed by atoms with Crippen LogP contribution in [0.4, 0.5) is 0 Å². The Bertz CT molecular complexity index is 676. The van der Waals surface area contributed by atoms with Crippen LogP contribution >= 0.6 is 11.6 Å². The molecule has 2 amide bonds. The van der Waals surface area contributed by atoms with Crippen LogP contribution in [0.25, 0.3) is 0 Å². The van der Waals surface area contributed by atoms with E-state index in [0.29, 0.717) is 16.5 Å². The monoisotopic (exact) mass is 376 g/mol. The maximum Gasteiger partial charge on any atom is 0.253 e. The van der Waals surface area contributed by atoms with Crippen LogP contribution in [0.3, 0.4) is 0 Å². The number of nitrogens with one attached hydrogen (secondary N) is 2. The molecule has 0 radical (unpaired) electrons. The molecule has 0 spiro atoms. The largest absolute Gasteiger partial charge is 0.352 e. The highest BCUT2D eigenvalue weighted by atomic mass is 35.5. The number of carbonyl (C=O) groups excluding carboxylic acids is 2. The molecule has 2 bridgehead atoms. The third kappa shape index (κ3) is 4.06. The zero-order valence-electron chi connectivity index (χ0n) is 15.8. The van der Waals surface area contributed by atoms with E-state index in [1.54, 1.807) is 24.3 Å². The first-order valence-corrected chi connectivity index (χ1v) is 10.1. The zero-order chi connectivity index (χ0) is 18.8. The molecule has 2 fully saturated rings. The van der Waals surface area contributed by atoms with Crippen molar-refractivity contribution < 1.29 is 9.59 Å². The fourth-order valence-corrected chi connectivity index (χ4v) is 4.95. The molecule has 4 nitrogen and oxygen atoms in total. The van der Waals surface area contributed by atoms with Gasteiger partial charge < -0.3 is 10.6 Å². The summed E-state index contributed by atoms with van der Waals surface area (Å²) >= 11 is 6.11. The molecular formula is C21H29ClN2O2. The molecule has 0 heterocycles. The predicted octanol–water partition coefficient (Wildman–Crippen LogP) is 4.04. The Morgan fingerprint density at radius 1 is 1.08 bits per heavy atom. The highest BCUT2D eigenvalue weighted by molar-refractivity contribution is 6.33. The Morgan fingerprint density at radius 2 is 1.81 bits per heavy atom. The van der Waals surface area contributed by atoms with Gasteiger partial charge in [0.05, 0.1) is 10.6 Å². The molecule has 1 aromatic carbocycles. The summed E-state index contributed by atoms with van der Waals surface area (Å²) in [4.78, 5) is 25.4. The van der Waals surface area contributed by atoms with Gasteiger partial charge in [0.2, 0.25) is 5.91 Å². The molecule has 5 heteroatoms. The molecule has 0 aromatic heterocycles. The maximum absolute atomic E-state index is 12.9. The number of amides is 2. The molecule has 2 N–H and O–H groups in total. The van der Waals surface area contributed by atoms with Crippen LogP contribution in [-0.4, -0.2) is 23.9 Å². The van der Waals surface area contributed by atoms with Crippen molar-refractivity contribution in [2.45, 2.75) is 58.5 Å². The summed E-state index contributed by atoms with van der Waals surface area (Å²) < 4.78 is 0. The van der Waals surface area contributed by atoms with E-state index in [1.807, 2.05) is 13.8 Å². The fourth-order valence-electron chi connectivity index (χ4n) is 4.73. The first-order chi connectivity index (χ1) is 12.4. The minimum absolute atomic E-state index is 0.00586. The molecule has 1 aromatic rings. The standard InChI is InChI=1S/C21H29ClN2O2/c1-12(2)19(24-20(25)16-6-4-5-7-18(16)22)21(26)23-13(3)17-11-14-8-9-15(17)10-14/h4-7,12-15,17,19H,8-11H2,1-3H3,(H,23,26)(H,24,25). The second kappa shape index (κ2) is 7.99. The molecule has 26 heavy (non-hydrogen) atoms. The van der Waals surface area contributed by atoms with Crippen molar-refractivity contribution in [2.75, 3.05) is 0 Å². The minimum Gasteiger partial charge on any atom is -0.352 e. The normalized spacial score (nSPS) is 26.6. The Kier molecular flexibility index (Phi) is 5.91. The van der Waals surface area contributed by atoms with Gasteiger partial charge in [-0.25, -0.2) is 0 Å². The van der Waals surface area contributed by atoms with E-state index < -0.39 is 6.04 Å². The third-order valence-electron chi connectivity index (χ3n) is 6.16. The van der Waals surface area contributed by atoms with Crippen LogP contribution in [0.2, 0.25) is 5.02 Å². The van der Waals surface area contributed by atoms with E-state index in [-0.39, 0.29) is 23.8 Å². The van der Waals surface area contributed by atoms with Gasteiger partial charge in [0, 0.05) is 6.04 Å². The second-order valence-electron chi connectivity index (χ2n) is 8.31. The highest BCUT2D eigenvalue weighted by Crippen LogP contribution is 2.49. The lowest BCUT2D eigenvalue weighted by atomic mass is 9.84. The van der Waals surface area contributed by atoms with E-state index in [9.17, 15) is 9.59 Å². The zero-order valence-corrected chi connectivity index (χ0v) is 16.6. The minimum atomic E-state index is -0.570. The van der Waals surface area contributed by atoms with Crippen molar-refractivity contribution in [2.24, 2.45) is 23.7 Å². The molecular weight excluding hydrogens is 348 g/mol. The van der Waals surface area contributed by atoms with Crippen molar-refractivity contribution in [3.63, 3.8) is 0 Å². The van der Waals surface area contributed by atoms with Gasteiger partial charge in [0.25, 0.3) is 5.91 Å². The van der Waals surface area contributed by atoms with Crippen LogP contribution < -0.4 is 10.6 Å². The fraction of sp³-hybridized carbons (Fsp3) is 0.619.